The number of amides is 1. The van der Waals surface area contributed by atoms with E-state index in [9.17, 15) is 13.2 Å². The van der Waals surface area contributed by atoms with Crippen LogP contribution in [-0.4, -0.2) is 20.6 Å². The molecule has 0 atom stereocenters. The molecule has 0 bridgehead atoms. The van der Waals surface area contributed by atoms with Gasteiger partial charge in [-0.25, -0.2) is 8.42 Å². The fourth-order valence-electron chi connectivity index (χ4n) is 2.29. The van der Waals surface area contributed by atoms with Crippen molar-refractivity contribution in [1.82, 2.24) is 0 Å². The van der Waals surface area contributed by atoms with Crippen LogP contribution in [0, 0.1) is 6.92 Å². The standard InChI is InChI=1S/C17H18ClNO3S/c1-4-12-7-5-6-11(2)16(12)19-17(20)14-10-13(23(3,21)22)8-9-15(14)18/h5-10H,4H2,1-3H3,(H,19,20). The molecule has 4 nitrogen and oxygen atoms in total. The number of hydrogen-bond acceptors (Lipinski definition) is 3. The normalized spacial score (nSPS) is 11.3. The Hall–Kier alpha value is -1.85. The van der Waals surface area contributed by atoms with Crippen LogP contribution >= 0.6 is 11.6 Å². The van der Waals surface area contributed by atoms with E-state index in [0.29, 0.717) is 0 Å². The van der Waals surface area contributed by atoms with E-state index in [4.69, 9.17) is 11.6 Å². The van der Waals surface area contributed by atoms with Gasteiger partial charge in [0, 0.05) is 11.9 Å². The summed E-state index contributed by atoms with van der Waals surface area (Å²) in [5.74, 6) is -0.426. The van der Waals surface area contributed by atoms with E-state index in [0.717, 1.165) is 29.5 Å². The van der Waals surface area contributed by atoms with Crippen LogP contribution in [0.5, 0.6) is 0 Å². The molecule has 122 valence electrons. The zero-order valence-electron chi connectivity index (χ0n) is 13.2. The molecule has 23 heavy (non-hydrogen) atoms. The van der Waals surface area contributed by atoms with Gasteiger partial charge < -0.3 is 5.32 Å². The van der Waals surface area contributed by atoms with Gasteiger partial charge in [0.25, 0.3) is 5.91 Å². The maximum absolute atomic E-state index is 12.5. The van der Waals surface area contributed by atoms with E-state index >= 15 is 0 Å². The summed E-state index contributed by atoms with van der Waals surface area (Å²) < 4.78 is 23.3. The van der Waals surface area contributed by atoms with Gasteiger partial charge in [-0.1, -0.05) is 36.7 Å². The van der Waals surface area contributed by atoms with Gasteiger partial charge in [-0.15, -0.1) is 0 Å². The van der Waals surface area contributed by atoms with E-state index in [2.05, 4.69) is 5.32 Å². The second-order valence-corrected chi connectivity index (χ2v) is 7.75. The number of rotatable bonds is 4. The van der Waals surface area contributed by atoms with Crippen molar-refractivity contribution in [2.24, 2.45) is 0 Å². The van der Waals surface area contributed by atoms with Crippen LogP contribution in [0.25, 0.3) is 0 Å². The molecule has 0 saturated heterocycles. The number of halogens is 1. The molecule has 1 amide bonds. The molecule has 0 radical (unpaired) electrons. The van der Waals surface area contributed by atoms with Gasteiger partial charge in [0.05, 0.1) is 15.5 Å². The molecule has 0 aliphatic rings. The van der Waals surface area contributed by atoms with E-state index in [1.807, 2.05) is 32.0 Å². The molecule has 2 aromatic rings. The summed E-state index contributed by atoms with van der Waals surface area (Å²) in [5.41, 5.74) is 2.82. The molecule has 0 aromatic heterocycles. The van der Waals surface area contributed by atoms with E-state index < -0.39 is 15.7 Å². The lowest BCUT2D eigenvalue weighted by atomic mass is 10.1. The van der Waals surface area contributed by atoms with E-state index in [-0.39, 0.29) is 15.5 Å². The van der Waals surface area contributed by atoms with Crippen molar-refractivity contribution < 1.29 is 13.2 Å². The van der Waals surface area contributed by atoms with Crippen LogP contribution in [-0.2, 0) is 16.3 Å². The number of carbonyl (C=O) groups excluding carboxylic acids is 1. The number of benzene rings is 2. The number of hydrogen-bond donors (Lipinski definition) is 1. The van der Waals surface area contributed by atoms with Crippen molar-refractivity contribution >= 4 is 33.0 Å². The minimum atomic E-state index is -3.41. The highest BCUT2D eigenvalue weighted by Gasteiger charge is 2.17. The predicted octanol–water partition coefficient (Wildman–Crippen LogP) is 3.87. The van der Waals surface area contributed by atoms with Crippen molar-refractivity contribution in [3.8, 4) is 0 Å². The van der Waals surface area contributed by atoms with Gasteiger partial charge in [-0.2, -0.15) is 0 Å². The lowest BCUT2D eigenvalue weighted by Gasteiger charge is -2.14. The third-order valence-electron chi connectivity index (χ3n) is 3.59. The molecule has 0 aliphatic carbocycles. The highest BCUT2D eigenvalue weighted by molar-refractivity contribution is 7.90. The summed E-state index contributed by atoms with van der Waals surface area (Å²) in [5, 5.41) is 3.06. The van der Waals surface area contributed by atoms with Gasteiger partial charge in [-0.3, -0.25) is 4.79 Å². The topological polar surface area (TPSA) is 63.2 Å². The third kappa shape index (κ3) is 3.92. The highest BCUT2D eigenvalue weighted by atomic mass is 35.5. The summed E-state index contributed by atoms with van der Waals surface area (Å²) in [7, 11) is -3.41. The van der Waals surface area contributed by atoms with Crippen LogP contribution < -0.4 is 5.32 Å². The quantitative estimate of drug-likeness (QED) is 0.909. The number of sulfone groups is 1. The fourth-order valence-corrected chi connectivity index (χ4v) is 3.14. The fraction of sp³-hybridized carbons (Fsp3) is 0.235. The summed E-state index contributed by atoms with van der Waals surface area (Å²) in [6.45, 7) is 3.91. The summed E-state index contributed by atoms with van der Waals surface area (Å²) in [4.78, 5) is 12.6. The first-order valence-corrected chi connectivity index (χ1v) is 9.40. The molecule has 0 heterocycles. The SMILES string of the molecule is CCc1cccc(C)c1NC(=O)c1cc(S(C)(=O)=O)ccc1Cl. The van der Waals surface area contributed by atoms with Crippen LogP contribution in [0.15, 0.2) is 41.3 Å². The molecule has 2 aromatic carbocycles. The Labute approximate surface area is 141 Å². The molecular weight excluding hydrogens is 334 g/mol. The molecule has 0 aliphatic heterocycles. The van der Waals surface area contributed by atoms with Crippen molar-refractivity contribution in [3.63, 3.8) is 0 Å². The number of aryl methyl sites for hydroxylation is 2. The second-order valence-electron chi connectivity index (χ2n) is 5.33. The van der Waals surface area contributed by atoms with Crippen LogP contribution in [0.4, 0.5) is 5.69 Å². The molecule has 1 N–H and O–H groups in total. The number of nitrogens with one attached hydrogen (secondary N) is 1. The second kappa shape index (κ2) is 6.72. The van der Waals surface area contributed by atoms with E-state index in [1.54, 1.807) is 0 Å². The van der Waals surface area contributed by atoms with Crippen molar-refractivity contribution in [3.05, 3.63) is 58.1 Å². The van der Waals surface area contributed by atoms with Crippen molar-refractivity contribution in [1.29, 1.82) is 0 Å². The first kappa shape index (κ1) is 17.5. The van der Waals surface area contributed by atoms with Gasteiger partial charge >= 0.3 is 0 Å². The minimum Gasteiger partial charge on any atom is -0.321 e. The van der Waals surface area contributed by atoms with Gasteiger partial charge in [0.2, 0.25) is 0 Å². The first-order chi connectivity index (χ1) is 10.7. The molecule has 2 rings (SSSR count). The molecule has 6 heteroatoms. The lowest BCUT2D eigenvalue weighted by molar-refractivity contribution is 0.102. The average molecular weight is 352 g/mol. The van der Waals surface area contributed by atoms with Gasteiger partial charge in [0.1, 0.15) is 0 Å². The predicted molar refractivity (Wildman–Crippen MR) is 93.1 cm³/mol. The van der Waals surface area contributed by atoms with Crippen LogP contribution in [0.1, 0.15) is 28.4 Å². The lowest BCUT2D eigenvalue weighted by Crippen LogP contribution is -2.15. The Kier molecular flexibility index (Phi) is 5.12. The Morgan fingerprint density at radius 2 is 1.91 bits per heavy atom. The monoisotopic (exact) mass is 351 g/mol. The maximum Gasteiger partial charge on any atom is 0.257 e. The molecular formula is C17H18ClNO3S. The van der Waals surface area contributed by atoms with Crippen molar-refractivity contribution in [2.45, 2.75) is 25.2 Å². The zero-order valence-corrected chi connectivity index (χ0v) is 14.8. The third-order valence-corrected chi connectivity index (χ3v) is 5.03. The number of carbonyl (C=O) groups is 1. The van der Waals surface area contributed by atoms with Crippen LogP contribution in [0.3, 0.4) is 0 Å². The first-order valence-electron chi connectivity index (χ1n) is 7.13. The summed E-state index contributed by atoms with van der Waals surface area (Å²) in [6, 6.07) is 9.89. The van der Waals surface area contributed by atoms with Crippen molar-refractivity contribution in [2.75, 3.05) is 11.6 Å². The Balaban J connectivity index is 2.43. The highest BCUT2D eigenvalue weighted by Crippen LogP contribution is 2.25. The van der Waals surface area contributed by atoms with Gasteiger partial charge in [0.15, 0.2) is 9.84 Å². The molecule has 0 saturated carbocycles. The smallest absolute Gasteiger partial charge is 0.257 e. The van der Waals surface area contributed by atoms with E-state index in [1.165, 1.54) is 18.2 Å². The Bertz CT molecular complexity index is 860. The molecule has 0 fully saturated rings. The average Bonchev–Trinajstić information content (AvgIpc) is 2.48. The van der Waals surface area contributed by atoms with Gasteiger partial charge in [-0.05, 0) is 42.7 Å². The van der Waals surface area contributed by atoms with Crippen LogP contribution in [0.2, 0.25) is 5.02 Å². The Morgan fingerprint density at radius 1 is 1.22 bits per heavy atom. The minimum absolute atomic E-state index is 0.0625. The number of para-hydroxylation sites is 1. The summed E-state index contributed by atoms with van der Waals surface area (Å²) >= 11 is 6.07. The summed E-state index contributed by atoms with van der Waals surface area (Å²) in [6.07, 6.45) is 1.86. The number of anilines is 1. The molecule has 0 spiro atoms. The maximum atomic E-state index is 12.5. The largest absolute Gasteiger partial charge is 0.321 e. The zero-order chi connectivity index (χ0) is 17.2. The Morgan fingerprint density at radius 3 is 2.52 bits per heavy atom. The molecule has 0 unspecified atom stereocenters.